The molecule has 48 heavy (non-hydrogen) atoms. The van der Waals surface area contributed by atoms with E-state index >= 15 is 0 Å². The number of aliphatic carboxylic acids is 2. The molecule has 8 nitrogen and oxygen atoms in total. The minimum atomic E-state index is -4.08. The van der Waals surface area contributed by atoms with Gasteiger partial charge in [0.1, 0.15) is 6.04 Å². The Kier molecular flexibility index (Phi) is 11.2. The zero-order chi connectivity index (χ0) is 34.0. The average Bonchev–Trinajstić information content (AvgIpc) is 3.12. The fourth-order valence-corrected chi connectivity index (χ4v) is 6.88. The number of carboxylic acid groups (broad SMARTS) is 2. The molecule has 0 radical (unpaired) electrons. The van der Waals surface area contributed by atoms with Crippen LogP contribution in [-0.2, 0) is 29.4 Å². The highest BCUT2D eigenvalue weighted by molar-refractivity contribution is 7.86. The largest absolute Gasteiger partial charge is 0.481 e. The van der Waals surface area contributed by atoms with Crippen molar-refractivity contribution in [2.75, 3.05) is 6.61 Å². The summed E-state index contributed by atoms with van der Waals surface area (Å²) >= 11 is 0. The Bertz CT molecular complexity index is 1790. The fourth-order valence-electron chi connectivity index (χ4n) is 5.94. The number of hydrogen-bond acceptors (Lipinski definition) is 6. The number of hydrogen-bond donors (Lipinski definition) is 3. The van der Waals surface area contributed by atoms with E-state index in [9.17, 15) is 28.2 Å². The fraction of sp³-hybridized carbons (Fsp3) is 0.179. The summed E-state index contributed by atoms with van der Waals surface area (Å²) in [6, 6.07) is 42.9. The first-order valence-corrected chi connectivity index (χ1v) is 17.1. The third-order valence-corrected chi connectivity index (χ3v) is 9.69. The molecule has 0 amide bonds. The summed E-state index contributed by atoms with van der Waals surface area (Å²) in [6.07, 6.45) is -0.142. The number of carbonyl (C=O) groups is 2. The lowest BCUT2D eigenvalue weighted by Gasteiger charge is -2.39. The zero-order valence-corrected chi connectivity index (χ0v) is 27.0. The van der Waals surface area contributed by atoms with Crippen molar-refractivity contribution < 1.29 is 32.4 Å². The molecule has 0 bridgehead atoms. The van der Waals surface area contributed by atoms with Crippen LogP contribution >= 0.6 is 0 Å². The Labute approximate surface area is 280 Å². The quantitative estimate of drug-likeness (QED) is 0.0587. The van der Waals surface area contributed by atoms with Crippen LogP contribution < -0.4 is 5.32 Å². The van der Waals surface area contributed by atoms with Gasteiger partial charge in [-0.1, -0.05) is 133 Å². The predicted octanol–water partition coefficient (Wildman–Crippen LogP) is 6.96. The monoisotopic (exact) mass is 663 g/mol. The Morgan fingerprint density at radius 1 is 0.625 bits per heavy atom. The molecule has 2 atom stereocenters. The zero-order valence-electron chi connectivity index (χ0n) is 26.2. The molecule has 0 aliphatic carbocycles. The van der Waals surface area contributed by atoms with Crippen LogP contribution in [0.3, 0.4) is 0 Å². The van der Waals surface area contributed by atoms with Crippen LogP contribution in [0.4, 0.5) is 0 Å². The van der Waals surface area contributed by atoms with Gasteiger partial charge in [0.15, 0.2) is 0 Å². The van der Waals surface area contributed by atoms with Crippen LogP contribution in [-0.4, -0.2) is 43.2 Å². The molecule has 0 aromatic heterocycles. The molecule has 0 spiro atoms. The molecular formula is C39H37NO7S. The third-order valence-electron chi connectivity index (χ3n) is 8.36. The Balaban J connectivity index is 1.32. The third kappa shape index (κ3) is 8.06. The minimum Gasteiger partial charge on any atom is -0.481 e. The first-order chi connectivity index (χ1) is 23.2. The van der Waals surface area contributed by atoms with Gasteiger partial charge in [0.25, 0.3) is 10.1 Å². The van der Waals surface area contributed by atoms with E-state index in [-0.39, 0.29) is 30.8 Å². The van der Waals surface area contributed by atoms with E-state index in [1.54, 1.807) is 12.1 Å². The average molecular weight is 664 g/mol. The van der Waals surface area contributed by atoms with Gasteiger partial charge in [0.2, 0.25) is 0 Å². The molecule has 0 fully saturated rings. The van der Waals surface area contributed by atoms with Gasteiger partial charge in [0.05, 0.1) is 23.0 Å². The summed E-state index contributed by atoms with van der Waals surface area (Å²) in [4.78, 5) is 25.2. The van der Waals surface area contributed by atoms with Gasteiger partial charge >= 0.3 is 11.9 Å². The molecule has 0 aliphatic rings. The molecule has 5 aromatic carbocycles. The molecule has 0 saturated carbocycles. The summed E-state index contributed by atoms with van der Waals surface area (Å²) in [6.45, 7) is -0.250. The molecule has 9 heteroatoms. The standard InChI is InChI=1S/C39H37NO7S/c41-37(42)31(16-13-27-47-48(45,46)35-25-23-30(24-26-35)29-14-5-1-6-15-29)28-36(38(43)44)40-39(32-17-7-2-8-18-32,33-19-9-3-10-20-33)34-21-11-4-12-22-34/h1-12,14-15,17-26,31,36,40H,13,16,27-28H2,(H,41,42)(H,43,44)/t31-,36-/m0/s1. The molecular weight excluding hydrogens is 626 g/mol. The highest BCUT2D eigenvalue weighted by Crippen LogP contribution is 2.38. The topological polar surface area (TPSA) is 130 Å². The van der Waals surface area contributed by atoms with Crippen LogP contribution in [0.1, 0.15) is 36.0 Å². The van der Waals surface area contributed by atoms with Gasteiger partial charge in [-0.3, -0.25) is 19.1 Å². The maximum absolute atomic E-state index is 12.9. The number of benzene rings is 5. The van der Waals surface area contributed by atoms with Crippen LogP contribution in [0.15, 0.2) is 150 Å². The predicted molar refractivity (Wildman–Crippen MR) is 184 cm³/mol. The molecule has 0 aliphatic heterocycles. The maximum atomic E-state index is 12.9. The van der Waals surface area contributed by atoms with Gasteiger partial charge in [-0.05, 0) is 59.2 Å². The summed E-state index contributed by atoms with van der Waals surface area (Å²) in [5.41, 5.74) is 3.05. The molecule has 5 rings (SSSR count). The van der Waals surface area contributed by atoms with Crippen LogP contribution in [0.2, 0.25) is 0 Å². The Morgan fingerprint density at radius 2 is 1.06 bits per heavy atom. The van der Waals surface area contributed by atoms with Crippen molar-refractivity contribution in [1.82, 2.24) is 5.32 Å². The van der Waals surface area contributed by atoms with Crippen molar-refractivity contribution in [1.29, 1.82) is 0 Å². The van der Waals surface area contributed by atoms with Gasteiger partial charge in [-0.15, -0.1) is 0 Å². The normalized spacial score (nSPS) is 13.0. The van der Waals surface area contributed by atoms with E-state index in [1.807, 2.05) is 121 Å². The maximum Gasteiger partial charge on any atom is 0.320 e. The van der Waals surface area contributed by atoms with E-state index in [0.717, 1.165) is 27.8 Å². The first kappa shape index (κ1) is 34.3. The van der Waals surface area contributed by atoms with Crippen LogP contribution in [0.25, 0.3) is 11.1 Å². The lowest BCUT2D eigenvalue weighted by atomic mass is 9.76. The van der Waals surface area contributed by atoms with Gasteiger partial charge < -0.3 is 10.2 Å². The Morgan fingerprint density at radius 3 is 1.50 bits per heavy atom. The summed E-state index contributed by atoms with van der Waals surface area (Å²) in [7, 11) is -4.08. The van der Waals surface area contributed by atoms with Crippen molar-refractivity contribution in [2.24, 2.45) is 5.92 Å². The van der Waals surface area contributed by atoms with Crippen molar-refractivity contribution in [3.05, 3.63) is 162 Å². The van der Waals surface area contributed by atoms with E-state index in [4.69, 9.17) is 4.18 Å². The second-order valence-corrected chi connectivity index (χ2v) is 13.1. The van der Waals surface area contributed by atoms with E-state index < -0.39 is 39.6 Å². The second kappa shape index (κ2) is 15.7. The summed E-state index contributed by atoms with van der Waals surface area (Å²) in [5.74, 6) is -3.46. The first-order valence-electron chi connectivity index (χ1n) is 15.7. The summed E-state index contributed by atoms with van der Waals surface area (Å²) < 4.78 is 31.0. The van der Waals surface area contributed by atoms with Gasteiger partial charge in [-0.2, -0.15) is 8.42 Å². The molecule has 0 saturated heterocycles. The Hall–Kier alpha value is -5.09. The van der Waals surface area contributed by atoms with Crippen molar-refractivity contribution in [3.63, 3.8) is 0 Å². The van der Waals surface area contributed by atoms with Crippen LogP contribution in [0.5, 0.6) is 0 Å². The SMILES string of the molecule is O=C(O)[C@@H](CCCOS(=O)(=O)c1ccc(-c2ccccc2)cc1)C[C@H](NC(c1ccccc1)(c1ccccc1)c1ccccc1)C(=O)O. The van der Waals surface area contributed by atoms with E-state index in [2.05, 4.69) is 5.32 Å². The highest BCUT2D eigenvalue weighted by Gasteiger charge is 2.41. The van der Waals surface area contributed by atoms with E-state index in [0.29, 0.717) is 0 Å². The second-order valence-electron chi connectivity index (χ2n) is 11.5. The molecule has 5 aromatic rings. The number of rotatable bonds is 16. The number of nitrogens with one attached hydrogen (secondary N) is 1. The lowest BCUT2D eigenvalue weighted by molar-refractivity contribution is -0.144. The smallest absolute Gasteiger partial charge is 0.320 e. The minimum absolute atomic E-state index is 0.00816. The van der Waals surface area contributed by atoms with E-state index in [1.165, 1.54) is 12.1 Å². The van der Waals surface area contributed by atoms with Gasteiger partial charge in [0, 0.05) is 0 Å². The molecule has 3 N–H and O–H groups in total. The summed E-state index contributed by atoms with van der Waals surface area (Å²) in [5, 5.41) is 23.9. The number of carboxylic acids is 2. The molecule has 246 valence electrons. The highest BCUT2D eigenvalue weighted by atomic mass is 32.2. The lowest BCUT2D eigenvalue weighted by Crippen LogP contribution is -2.53. The van der Waals surface area contributed by atoms with Crippen molar-refractivity contribution in [3.8, 4) is 11.1 Å². The molecule has 0 unspecified atom stereocenters. The van der Waals surface area contributed by atoms with Crippen LogP contribution in [0, 0.1) is 5.92 Å². The van der Waals surface area contributed by atoms with Crippen molar-refractivity contribution >= 4 is 22.1 Å². The molecule has 0 heterocycles. The van der Waals surface area contributed by atoms with Crippen molar-refractivity contribution in [2.45, 2.75) is 35.7 Å². The van der Waals surface area contributed by atoms with Gasteiger partial charge in [-0.25, -0.2) is 0 Å².